The van der Waals surface area contributed by atoms with E-state index in [1.807, 2.05) is 0 Å². The Balaban J connectivity index is 0.00000155. The van der Waals surface area contributed by atoms with Crippen LogP contribution in [0.15, 0.2) is 36.4 Å². The van der Waals surface area contributed by atoms with Crippen LogP contribution in [-0.2, 0) is 21.2 Å². The average molecular weight is 510 g/mol. The molecule has 0 aromatic heterocycles. The molecule has 2 amide bonds. The molecule has 2 aromatic carbocycles. The summed E-state index contributed by atoms with van der Waals surface area (Å²) in [6, 6.07) is 5.15. The van der Waals surface area contributed by atoms with Crippen molar-refractivity contribution in [3.63, 3.8) is 0 Å². The summed E-state index contributed by atoms with van der Waals surface area (Å²) >= 11 is 0. The summed E-state index contributed by atoms with van der Waals surface area (Å²) < 4.78 is 92.5. The molecule has 4 rings (SSSR count). The van der Waals surface area contributed by atoms with Crippen LogP contribution in [0.2, 0.25) is 0 Å². The number of methoxy groups -OCH3 is 1. The van der Waals surface area contributed by atoms with Gasteiger partial charge in [-0.1, -0.05) is 32.0 Å². The fourth-order valence-electron chi connectivity index (χ4n) is 3.72. The molecule has 190 valence electrons. The van der Waals surface area contributed by atoms with Crippen LogP contribution in [0.1, 0.15) is 70.7 Å². The van der Waals surface area contributed by atoms with Crippen molar-refractivity contribution in [1.82, 2.24) is 4.90 Å². The summed E-state index contributed by atoms with van der Waals surface area (Å²) in [5.74, 6) is -1.17. The predicted octanol–water partition coefficient (Wildman–Crippen LogP) is 4.21. The third-order valence-electron chi connectivity index (χ3n) is 5.38. The maximum atomic E-state index is 13.9. The van der Waals surface area contributed by atoms with E-state index in [1.165, 1.54) is 31.4 Å². The Morgan fingerprint density at radius 2 is 2.06 bits per heavy atom. The Morgan fingerprint density at radius 3 is 2.69 bits per heavy atom. The molecule has 1 heterocycles. The standard InChI is InChI=1S/C24H28N2O6S.C2H6/c1-4-32-21-12-16(10-11-20(21)31-2)19(14-33(3,29)30)26-13-17-6-5-7-18(22(17)24(26)28)25-23(27)15-8-9-15;1-2/h5-7,10-12,15,19H,4,8-9,13-14H2,1-3H3,(H,25,27);1-2H3/t19-;/m1./s1/i3D3,14D2,19D;1D. The number of hydrogen-bond acceptors (Lipinski definition) is 6. The Labute approximate surface area is 217 Å². The number of nitrogens with one attached hydrogen (secondary N) is 1. The molecule has 2 aliphatic rings. The number of sulfone groups is 1. The number of ether oxygens (including phenoxy) is 2. The molecule has 1 aliphatic carbocycles. The van der Waals surface area contributed by atoms with E-state index in [0.29, 0.717) is 30.2 Å². The number of anilines is 1. The lowest BCUT2D eigenvalue weighted by Gasteiger charge is -2.28. The van der Waals surface area contributed by atoms with Crippen molar-refractivity contribution in [2.24, 2.45) is 5.92 Å². The lowest BCUT2D eigenvalue weighted by Crippen LogP contribution is -2.34. The van der Waals surface area contributed by atoms with Crippen LogP contribution in [0.5, 0.6) is 11.5 Å². The van der Waals surface area contributed by atoms with Crippen LogP contribution < -0.4 is 14.8 Å². The van der Waals surface area contributed by atoms with Crippen LogP contribution >= 0.6 is 0 Å². The van der Waals surface area contributed by atoms with Gasteiger partial charge >= 0.3 is 0 Å². The predicted molar refractivity (Wildman–Crippen MR) is 136 cm³/mol. The van der Waals surface area contributed by atoms with Gasteiger partial charge in [0.1, 0.15) is 9.84 Å². The molecular formula is C26H34N2O6S. The highest BCUT2D eigenvalue weighted by Gasteiger charge is 2.38. The number of fused-ring (bicyclic) bond motifs is 1. The molecule has 9 heteroatoms. The summed E-state index contributed by atoms with van der Waals surface area (Å²) in [4.78, 5) is 27.0. The highest BCUT2D eigenvalue weighted by Crippen LogP contribution is 2.39. The van der Waals surface area contributed by atoms with Gasteiger partial charge in [-0.15, -0.1) is 0 Å². The number of rotatable bonds is 9. The second kappa shape index (κ2) is 11.1. The maximum Gasteiger partial charge on any atom is 0.257 e. The van der Waals surface area contributed by atoms with Crippen LogP contribution in [0, 0.1) is 5.92 Å². The van der Waals surface area contributed by atoms with Gasteiger partial charge in [-0.3, -0.25) is 9.59 Å². The first-order valence-electron chi connectivity index (χ1n) is 14.8. The summed E-state index contributed by atoms with van der Waals surface area (Å²) in [5.41, 5.74) is -3.76. The zero-order valence-corrected chi connectivity index (χ0v) is 20.7. The number of benzene rings is 2. The minimum Gasteiger partial charge on any atom is -0.493 e. The minimum absolute atomic E-state index is 0.0243. The van der Waals surface area contributed by atoms with Gasteiger partial charge in [0, 0.05) is 26.9 Å². The van der Waals surface area contributed by atoms with E-state index in [4.69, 9.17) is 17.7 Å². The SMILES string of the molecule is [2H]C([2H])([2H])S(=O)(=O)C([2H])([2H])[C@]([2H])(c1ccc(OC)c(OCC)c1)N1Cc2cccc(NC(=O)C3CC3)c2C1=O.[2H]CC. The van der Waals surface area contributed by atoms with Gasteiger partial charge in [-0.25, -0.2) is 8.42 Å². The van der Waals surface area contributed by atoms with E-state index in [9.17, 15) is 19.4 Å². The van der Waals surface area contributed by atoms with Gasteiger partial charge in [-0.05, 0) is 49.1 Å². The van der Waals surface area contributed by atoms with Crippen LogP contribution in [0.4, 0.5) is 5.69 Å². The number of amides is 2. The van der Waals surface area contributed by atoms with E-state index in [2.05, 4.69) is 5.32 Å². The zero-order valence-electron chi connectivity index (χ0n) is 26.9. The molecular weight excluding hydrogens is 468 g/mol. The topological polar surface area (TPSA) is 102 Å². The number of carbonyl (C=O) groups excluding carboxylic acids is 2. The average Bonchev–Trinajstić information content (AvgIpc) is 3.71. The molecule has 1 aliphatic heterocycles. The van der Waals surface area contributed by atoms with Crippen molar-refractivity contribution in [2.45, 2.75) is 46.2 Å². The molecule has 0 radical (unpaired) electrons. The molecule has 1 fully saturated rings. The fourth-order valence-corrected chi connectivity index (χ4v) is 4.20. The largest absolute Gasteiger partial charge is 0.493 e. The first-order chi connectivity index (χ1) is 19.5. The highest BCUT2D eigenvalue weighted by molar-refractivity contribution is 7.90. The number of nitrogens with zero attached hydrogens (tertiary/aromatic N) is 1. The van der Waals surface area contributed by atoms with Gasteiger partial charge in [-0.2, -0.15) is 0 Å². The fraction of sp³-hybridized carbons (Fsp3) is 0.462. The highest BCUT2D eigenvalue weighted by atomic mass is 32.2. The Morgan fingerprint density at radius 1 is 1.31 bits per heavy atom. The summed E-state index contributed by atoms with van der Waals surface area (Å²) in [7, 11) is -4.34. The second-order valence-electron chi connectivity index (χ2n) is 7.75. The van der Waals surface area contributed by atoms with Crippen molar-refractivity contribution in [3.8, 4) is 11.5 Å². The molecule has 1 atom stereocenters. The molecule has 35 heavy (non-hydrogen) atoms. The quantitative estimate of drug-likeness (QED) is 0.543. The van der Waals surface area contributed by atoms with Crippen LogP contribution in [0.25, 0.3) is 0 Å². The second-order valence-corrected chi connectivity index (χ2v) is 8.96. The third-order valence-corrected chi connectivity index (χ3v) is 5.84. The minimum atomic E-state index is -5.69. The van der Waals surface area contributed by atoms with Crippen LogP contribution in [-0.4, -0.2) is 50.7 Å². The van der Waals surface area contributed by atoms with Crippen LogP contribution in [0.3, 0.4) is 0 Å². The normalized spacial score (nSPS) is 20.1. The van der Waals surface area contributed by atoms with Crippen molar-refractivity contribution < 1.29 is 37.1 Å². The third kappa shape index (κ3) is 6.14. The van der Waals surface area contributed by atoms with E-state index >= 15 is 0 Å². The van der Waals surface area contributed by atoms with Crippen molar-refractivity contribution in [2.75, 3.05) is 30.9 Å². The van der Waals surface area contributed by atoms with Gasteiger partial charge in [0.25, 0.3) is 5.91 Å². The number of hydrogen-bond donors (Lipinski definition) is 1. The van der Waals surface area contributed by atoms with Crippen molar-refractivity contribution in [3.05, 3.63) is 53.1 Å². The maximum absolute atomic E-state index is 13.9. The smallest absolute Gasteiger partial charge is 0.257 e. The van der Waals surface area contributed by atoms with E-state index in [-0.39, 0.29) is 46.7 Å². The molecule has 2 aromatic rings. The van der Waals surface area contributed by atoms with E-state index < -0.39 is 40.2 Å². The first kappa shape index (κ1) is 18.2. The first-order valence-corrected chi connectivity index (χ1v) is 12.6. The van der Waals surface area contributed by atoms with E-state index in [1.54, 1.807) is 19.9 Å². The van der Waals surface area contributed by atoms with Crippen molar-refractivity contribution >= 4 is 27.3 Å². The Kier molecular flexibility index (Phi) is 5.79. The molecule has 0 bridgehead atoms. The molecule has 0 saturated heterocycles. The summed E-state index contributed by atoms with van der Waals surface area (Å²) in [6.45, 7) is 3.68. The molecule has 1 saturated carbocycles. The molecule has 1 N–H and O–H groups in total. The Hall–Kier alpha value is -3.07. The van der Waals surface area contributed by atoms with Gasteiger partial charge in [0.05, 0.1) is 38.1 Å². The number of carbonyl (C=O) groups is 2. The summed E-state index contributed by atoms with van der Waals surface area (Å²) in [5, 5.41) is 2.69. The van der Waals surface area contributed by atoms with Gasteiger partial charge in [0.15, 0.2) is 11.5 Å². The molecule has 8 nitrogen and oxygen atoms in total. The van der Waals surface area contributed by atoms with E-state index in [0.717, 1.165) is 6.07 Å². The Bertz CT molecular complexity index is 1450. The molecule has 0 spiro atoms. The lowest BCUT2D eigenvalue weighted by atomic mass is 10.1. The lowest BCUT2D eigenvalue weighted by molar-refractivity contribution is -0.117. The van der Waals surface area contributed by atoms with Gasteiger partial charge < -0.3 is 19.7 Å². The summed E-state index contributed by atoms with van der Waals surface area (Å²) in [6.07, 6.45) is -2.41. The van der Waals surface area contributed by atoms with Gasteiger partial charge in [0.2, 0.25) is 5.91 Å². The van der Waals surface area contributed by atoms with Crippen molar-refractivity contribution in [1.29, 1.82) is 0 Å². The monoisotopic (exact) mass is 509 g/mol. The molecule has 0 unspecified atom stereocenters. The zero-order chi connectivity index (χ0) is 31.7.